The van der Waals surface area contributed by atoms with E-state index in [4.69, 9.17) is 4.74 Å². The molecule has 4 heteroatoms. The van der Waals surface area contributed by atoms with E-state index in [1.54, 1.807) is 31.0 Å². The summed E-state index contributed by atoms with van der Waals surface area (Å²) < 4.78 is 5.26. The normalized spacial score (nSPS) is 9.88. The molecule has 94 valence electrons. The van der Waals surface area contributed by atoms with Crippen LogP contribution < -0.4 is 4.74 Å². The van der Waals surface area contributed by atoms with Gasteiger partial charge in [0.1, 0.15) is 5.75 Å². The molecule has 0 bridgehead atoms. The van der Waals surface area contributed by atoms with Gasteiger partial charge in [0.2, 0.25) is 0 Å². The summed E-state index contributed by atoms with van der Waals surface area (Å²) in [4.78, 5) is 15.2. The highest BCUT2D eigenvalue weighted by Crippen LogP contribution is 2.18. The Morgan fingerprint density at radius 3 is 2.47 bits per heavy atom. The number of urea groups is 1. The van der Waals surface area contributed by atoms with Crippen molar-refractivity contribution in [1.82, 2.24) is 9.80 Å². The molecule has 4 nitrogen and oxygen atoms in total. The molecule has 0 aliphatic rings. The van der Waals surface area contributed by atoms with Crippen molar-refractivity contribution in [2.75, 3.05) is 27.7 Å². The fourth-order valence-corrected chi connectivity index (χ4v) is 1.58. The molecule has 0 saturated heterocycles. The quantitative estimate of drug-likeness (QED) is 0.803. The summed E-state index contributed by atoms with van der Waals surface area (Å²) in [5.74, 6) is 0.811. The Balaban J connectivity index is 2.74. The standard InChI is InChI=1S/C13H20N2O2/c1-5-14(2)13(16)15(3)10-11-8-6-7-9-12(11)17-4/h6-9H,5,10H2,1-4H3. The summed E-state index contributed by atoms with van der Waals surface area (Å²) in [7, 11) is 5.22. The molecule has 0 aromatic heterocycles. The van der Waals surface area contributed by atoms with Crippen LogP contribution in [0.5, 0.6) is 5.75 Å². The Kier molecular flexibility index (Phi) is 4.82. The predicted molar refractivity (Wildman–Crippen MR) is 68.2 cm³/mol. The molecule has 0 fully saturated rings. The van der Waals surface area contributed by atoms with E-state index in [-0.39, 0.29) is 6.03 Å². The number of carbonyl (C=O) groups excluding carboxylic acids is 1. The van der Waals surface area contributed by atoms with Crippen molar-refractivity contribution in [2.45, 2.75) is 13.5 Å². The lowest BCUT2D eigenvalue weighted by molar-refractivity contribution is 0.173. The van der Waals surface area contributed by atoms with Gasteiger partial charge < -0.3 is 14.5 Å². The van der Waals surface area contributed by atoms with Crippen LogP contribution in [0.1, 0.15) is 12.5 Å². The maximum atomic E-state index is 11.9. The van der Waals surface area contributed by atoms with Gasteiger partial charge in [-0.25, -0.2) is 4.79 Å². The third kappa shape index (κ3) is 3.37. The van der Waals surface area contributed by atoms with Gasteiger partial charge in [0.25, 0.3) is 0 Å². The molecule has 0 unspecified atom stereocenters. The number of amides is 2. The van der Waals surface area contributed by atoms with Crippen molar-refractivity contribution in [2.24, 2.45) is 0 Å². The molecular weight excluding hydrogens is 216 g/mol. The van der Waals surface area contributed by atoms with Crippen molar-refractivity contribution in [1.29, 1.82) is 0 Å². The van der Waals surface area contributed by atoms with Crippen LogP contribution in [0.2, 0.25) is 0 Å². The Morgan fingerprint density at radius 1 is 1.24 bits per heavy atom. The van der Waals surface area contributed by atoms with Gasteiger partial charge in [0, 0.05) is 26.2 Å². The van der Waals surface area contributed by atoms with Gasteiger partial charge in [0.15, 0.2) is 0 Å². The van der Waals surface area contributed by atoms with Crippen LogP contribution in [0.25, 0.3) is 0 Å². The van der Waals surface area contributed by atoms with Crippen LogP contribution in [0, 0.1) is 0 Å². The van der Waals surface area contributed by atoms with E-state index in [1.165, 1.54) is 0 Å². The molecule has 1 rings (SSSR count). The molecular formula is C13H20N2O2. The minimum absolute atomic E-state index is 0.0124. The van der Waals surface area contributed by atoms with Crippen LogP contribution in [-0.4, -0.2) is 43.6 Å². The van der Waals surface area contributed by atoms with E-state index in [0.29, 0.717) is 13.1 Å². The van der Waals surface area contributed by atoms with Gasteiger partial charge in [-0.15, -0.1) is 0 Å². The number of benzene rings is 1. The van der Waals surface area contributed by atoms with Gasteiger partial charge >= 0.3 is 6.03 Å². The van der Waals surface area contributed by atoms with Gasteiger partial charge in [0.05, 0.1) is 13.7 Å². The zero-order valence-electron chi connectivity index (χ0n) is 10.9. The number of carbonyl (C=O) groups is 1. The molecule has 0 atom stereocenters. The lowest BCUT2D eigenvalue weighted by Gasteiger charge is -2.24. The molecule has 0 radical (unpaired) electrons. The molecule has 0 heterocycles. The highest BCUT2D eigenvalue weighted by atomic mass is 16.5. The summed E-state index contributed by atoms with van der Waals surface area (Å²) in [6.07, 6.45) is 0. The second kappa shape index (κ2) is 6.13. The molecule has 0 aliphatic carbocycles. The highest BCUT2D eigenvalue weighted by molar-refractivity contribution is 5.73. The molecule has 0 spiro atoms. The van der Waals surface area contributed by atoms with Crippen LogP contribution in [0.3, 0.4) is 0 Å². The second-order valence-corrected chi connectivity index (χ2v) is 3.96. The number of hydrogen-bond acceptors (Lipinski definition) is 2. The summed E-state index contributed by atoms with van der Waals surface area (Å²) in [6.45, 7) is 3.21. The molecule has 1 aromatic rings. The van der Waals surface area contributed by atoms with Crippen molar-refractivity contribution in [3.05, 3.63) is 29.8 Å². The Hall–Kier alpha value is -1.71. The predicted octanol–water partition coefficient (Wildman–Crippen LogP) is 2.20. The van der Waals surface area contributed by atoms with Gasteiger partial charge in [-0.2, -0.15) is 0 Å². The third-order valence-electron chi connectivity index (χ3n) is 2.73. The molecule has 17 heavy (non-hydrogen) atoms. The van der Waals surface area contributed by atoms with E-state index < -0.39 is 0 Å². The van der Waals surface area contributed by atoms with Crippen LogP contribution in [0.15, 0.2) is 24.3 Å². The SMILES string of the molecule is CCN(C)C(=O)N(C)Cc1ccccc1OC. The molecule has 0 saturated carbocycles. The first-order chi connectivity index (χ1) is 8.10. The van der Waals surface area contributed by atoms with E-state index in [0.717, 1.165) is 11.3 Å². The second-order valence-electron chi connectivity index (χ2n) is 3.96. The van der Waals surface area contributed by atoms with E-state index in [2.05, 4.69) is 0 Å². The smallest absolute Gasteiger partial charge is 0.319 e. The first kappa shape index (κ1) is 13.4. The van der Waals surface area contributed by atoms with E-state index in [1.807, 2.05) is 31.2 Å². The van der Waals surface area contributed by atoms with Crippen molar-refractivity contribution in [3.63, 3.8) is 0 Å². The first-order valence-corrected chi connectivity index (χ1v) is 5.68. The minimum atomic E-state index is 0.0124. The number of hydrogen-bond donors (Lipinski definition) is 0. The molecule has 0 N–H and O–H groups in total. The summed E-state index contributed by atoms with van der Waals surface area (Å²) in [5.41, 5.74) is 1.01. The zero-order chi connectivity index (χ0) is 12.8. The molecule has 2 amide bonds. The Morgan fingerprint density at radius 2 is 1.88 bits per heavy atom. The third-order valence-corrected chi connectivity index (χ3v) is 2.73. The highest BCUT2D eigenvalue weighted by Gasteiger charge is 2.14. The fraction of sp³-hybridized carbons (Fsp3) is 0.462. The first-order valence-electron chi connectivity index (χ1n) is 5.68. The largest absolute Gasteiger partial charge is 0.496 e. The molecule has 1 aromatic carbocycles. The van der Waals surface area contributed by atoms with Crippen molar-refractivity contribution >= 4 is 6.03 Å². The van der Waals surface area contributed by atoms with Crippen molar-refractivity contribution in [3.8, 4) is 5.75 Å². The van der Waals surface area contributed by atoms with Crippen LogP contribution in [0.4, 0.5) is 4.79 Å². The zero-order valence-corrected chi connectivity index (χ0v) is 10.9. The van der Waals surface area contributed by atoms with Gasteiger partial charge in [-0.3, -0.25) is 0 Å². The lowest BCUT2D eigenvalue weighted by atomic mass is 10.2. The van der Waals surface area contributed by atoms with E-state index in [9.17, 15) is 4.79 Å². The minimum Gasteiger partial charge on any atom is -0.496 e. The average molecular weight is 236 g/mol. The lowest BCUT2D eigenvalue weighted by Crippen LogP contribution is -2.38. The Bertz CT molecular complexity index is 379. The van der Waals surface area contributed by atoms with Crippen molar-refractivity contribution < 1.29 is 9.53 Å². The maximum Gasteiger partial charge on any atom is 0.319 e. The van der Waals surface area contributed by atoms with E-state index >= 15 is 0 Å². The maximum absolute atomic E-state index is 11.9. The monoisotopic (exact) mass is 236 g/mol. The van der Waals surface area contributed by atoms with Crippen LogP contribution in [-0.2, 0) is 6.54 Å². The number of nitrogens with zero attached hydrogens (tertiary/aromatic N) is 2. The van der Waals surface area contributed by atoms with Gasteiger partial charge in [-0.1, -0.05) is 18.2 Å². The summed E-state index contributed by atoms with van der Waals surface area (Å²) in [5, 5.41) is 0. The average Bonchev–Trinajstić information content (AvgIpc) is 2.37. The molecule has 0 aliphatic heterocycles. The number of methoxy groups -OCH3 is 1. The number of rotatable bonds is 4. The Labute approximate surface area is 103 Å². The van der Waals surface area contributed by atoms with Gasteiger partial charge in [-0.05, 0) is 13.0 Å². The summed E-state index contributed by atoms with van der Waals surface area (Å²) >= 11 is 0. The van der Waals surface area contributed by atoms with Crippen LogP contribution >= 0.6 is 0 Å². The fourth-order valence-electron chi connectivity index (χ4n) is 1.58. The topological polar surface area (TPSA) is 32.8 Å². The number of ether oxygens (including phenoxy) is 1. The summed E-state index contributed by atoms with van der Waals surface area (Å²) in [6, 6.07) is 7.74. The number of para-hydroxylation sites is 1.